The van der Waals surface area contributed by atoms with Gasteiger partial charge in [-0.15, -0.1) is 0 Å². The standard InChI is InChI=1S/C17H28N2/c1-4-18-16-10-7-9-15(16)12-13-19(3)17-11-6-5-8-14(17)2/h5-6,8,11,15-16,18H,4,7,9-10,12-13H2,1-3H3. The Morgan fingerprint density at radius 1 is 1.26 bits per heavy atom. The Morgan fingerprint density at radius 3 is 2.79 bits per heavy atom. The highest BCUT2D eigenvalue weighted by atomic mass is 15.1. The number of aryl methyl sites for hydroxylation is 1. The number of rotatable bonds is 6. The molecule has 1 aromatic carbocycles. The molecule has 1 saturated carbocycles. The number of benzene rings is 1. The van der Waals surface area contributed by atoms with Crippen LogP contribution in [0.5, 0.6) is 0 Å². The maximum absolute atomic E-state index is 3.65. The smallest absolute Gasteiger partial charge is 0.0393 e. The summed E-state index contributed by atoms with van der Waals surface area (Å²) in [6.45, 7) is 6.68. The third-order valence-corrected chi connectivity index (χ3v) is 4.49. The van der Waals surface area contributed by atoms with Crippen molar-refractivity contribution in [3.05, 3.63) is 29.8 Å². The monoisotopic (exact) mass is 260 g/mol. The van der Waals surface area contributed by atoms with Crippen molar-refractivity contribution in [2.24, 2.45) is 5.92 Å². The van der Waals surface area contributed by atoms with E-state index in [2.05, 4.69) is 55.4 Å². The van der Waals surface area contributed by atoms with Crippen LogP contribution in [0.2, 0.25) is 0 Å². The van der Waals surface area contributed by atoms with Crippen LogP contribution in [0.15, 0.2) is 24.3 Å². The summed E-state index contributed by atoms with van der Waals surface area (Å²) < 4.78 is 0. The maximum atomic E-state index is 3.65. The molecular formula is C17H28N2. The summed E-state index contributed by atoms with van der Waals surface area (Å²) in [7, 11) is 2.22. The fraction of sp³-hybridized carbons (Fsp3) is 0.647. The number of nitrogens with zero attached hydrogens (tertiary/aromatic N) is 1. The van der Waals surface area contributed by atoms with Gasteiger partial charge in [-0.3, -0.25) is 0 Å². The van der Waals surface area contributed by atoms with Gasteiger partial charge in [0.1, 0.15) is 0 Å². The van der Waals surface area contributed by atoms with Crippen LogP contribution in [-0.4, -0.2) is 26.2 Å². The molecule has 0 saturated heterocycles. The minimum atomic E-state index is 0.760. The molecule has 0 aliphatic heterocycles. The number of anilines is 1. The Morgan fingerprint density at radius 2 is 2.05 bits per heavy atom. The second-order valence-corrected chi connectivity index (χ2v) is 5.85. The SMILES string of the molecule is CCNC1CCCC1CCN(C)c1ccccc1C. The van der Waals surface area contributed by atoms with Gasteiger partial charge in [0.15, 0.2) is 0 Å². The highest BCUT2D eigenvalue weighted by molar-refractivity contribution is 5.52. The third kappa shape index (κ3) is 3.73. The van der Waals surface area contributed by atoms with Crippen molar-refractivity contribution in [2.45, 2.75) is 45.6 Å². The molecule has 1 aliphatic rings. The third-order valence-electron chi connectivity index (χ3n) is 4.49. The first-order valence-corrected chi connectivity index (χ1v) is 7.72. The first kappa shape index (κ1) is 14.4. The normalized spacial score (nSPS) is 22.7. The summed E-state index contributed by atoms with van der Waals surface area (Å²) in [4.78, 5) is 2.41. The van der Waals surface area contributed by atoms with Crippen LogP contribution in [0.25, 0.3) is 0 Å². The second-order valence-electron chi connectivity index (χ2n) is 5.85. The van der Waals surface area contributed by atoms with Gasteiger partial charge in [0.2, 0.25) is 0 Å². The molecule has 1 N–H and O–H groups in total. The van der Waals surface area contributed by atoms with E-state index in [1.165, 1.54) is 36.9 Å². The minimum absolute atomic E-state index is 0.760. The lowest BCUT2D eigenvalue weighted by molar-refractivity contribution is 0.388. The Hall–Kier alpha value is -1.02. The molecule has 1 aromatic rings. The van der Waals surface area contributed by atoms with E-state index in [-0.39, 0.29) is 0 Å². The molecular weight excluding hydrogens is 232 g/mol. The van der Waals surface area contributed by atoms with Crippen LogP contribution in [0, 0.1) is 12.8 Å². The Bertz CT molecular complexity index is 389. The molecule has 0 radical (unpaired) electrons. The molecule has 2 unspecified atom stereocenters. The fourth-order valence-electron chi connectivity index (χ4n) is 3.38. The summed E-state index contributed by atoms with van der Waals surface area (Å²) in [6.07, 6.45) is 5.48. The maximum Gasteiger partial charge on any atom is 0.0393 e. The number of nitrogens with one attached hydrogen (secondary N) is 1. The first-order chi connectivity index (χ1) is 9.22. The zero-order chi connectivity index (χ0) is 13.7. The van der Waals surface area contributed by atoms with E-state index in [9.17, 15) is 0 Å². The van der Waals surface area contributed by atoms with Crippen molar-refractivity contribution in [3.63, 3.8) is 0 Å². The molecule has 2 heteroatoms. The van der Waals surface area contributed by atoms with E-state index in [4.69, 9.17) is 0 Å². The predicted molar refractivity (Wildman–Crippen MR) is 83.9 cm³/mol. The molecule has 2 atom stereocenters. The van der Waals surface area contributed by atoms with Gasteiger partial charge in [0, 0.05) is 25.3 Å². The van der Waals surface area contributed by atoms with Crippen LogP contribution in [0.4, 0.5) is 5.69 Å². The van der Waals surface area contributed by atoms with Gasteiger partial charge in [-0.25, -0.2) is 0 Å². The van der Waals surface area contributed by atoms with E-state index >= 15 is 0 Å². The van der Waals surface area contributed by atoms with Crippen molar-refractivity contribution >= 4 is 5.69 Å². The van der Waals surface area contributed by atoms with Gasteiger partial charge in [-0.1, -0.05) is 31.5 Å². The van der Waals surface area contributed by atoms with Crippen LogP contribution >= 0.6 is 0 Å². The molecule has 1 fully saturated rings. The Labute approximate surface area is 118 Å². The predicted octanol–water partition coefficient (Wildman–Crippen LogP) is 3.60. The number of hydrogen-bond acceptors (Lipinski definition) is 2. The molecule has 19 heavy (non-hydrogen) atoms. The molecule has 1 aliphatic carbocycles. The van der Waals surface area contributed by atoms with Gasteiger partial charge in [0.25, 0.3) is 0 Å². The van der Waals surface area contributed by atoms with Crippen molar-refractivity contribution in [1.82, 2.24) is 5.32 Å². The van der Waals surface area contributed by atoms with Gasteiger partial charge < -0.3 is 10.2 Å². The highest BCUT2D eigenvalue weighted by Gasteiger charge is 2.26. The number of para-hydroxylation sites is 1. The summed E-state index contributed by atoms with van der Waals surface area (Å²) in [6, 6.07) is 9.44. The summed E-state index contributed by atoms with van der Waals surface area (Å²) in [5.41, 5.74) is 2.75. The van der Waals surface area contributed by atoms with E-state index in [0.29, 0.717) is 0 Å². The van der Waals surface area contributed by atoms with Gasteiger partial charge in [0.05, 0.1) is 0 Å². The Kier molecular flexibility index (Phi) is 5.26. The molecule has 0 aromatic heterocycles. The van der Waals surface area contributed by atoms with E-state index in [0.717, 1.165) is 25.0 Å². The van der Waals surface area contributed by atoms with Crippen LogP contribution in [-0.2, 0) is 0 Å². The zero-order valence-corrected chi connectivity index (χ0v) is 12.7. The zero-order valence-electron chi connectivity index (χ0n) is 12.7. The van der Waals surface area contributed by atoms with E-state index < -0.39 is 0 Å². The van der Waals surface area contributed by atoms with Gasteiger partial charge in [-0.05, 0) is 50.3 Å². The van der Waals surface area contributed by atoms with Crippen LogP contribution < -0.4 is 10.2 Å². The van der Waals surface area contributed by atoms with Crippen molar-refractivity contribution in [2.75, 3.05) is 25.0 Å². The Balaban J connectivity index is 1.86. The minimum Gasteiger partial charge on any atom is -0.374 e. The van der Waals surface area contributed by atoms with E-state index in [1.54, 1.807) is 0 Å². The first-order valence-electron chi connectivity index (χ1n) is 7.72. The lowest BCUT2D eigenvalue weighted by atomic mass is 9.99. The summed E-state index contributed by atoms with van der Waals surface area (Å²) in [5.74, 6) is 0.867. The van der Waals surface area contributed by atoms with Crippen LogP contribution in [0.3, 0.4) is 0 Å². The lowest BCUT2D eigenvalue weighted by Gasteiger charge is -2.26. The molecule has 106 valence electrons. The molecule has 2 rings (SSSR count). The fourth-order valence-corrected chi connectivity index (χ4v) is 3.38. The van der Waals surface area contributed by atoms with Gasteiger partial charge >= 0.3 is 0 Å². The quantitative estimate of drug-likeness (QED) is 0.840. The average Bonchev–Trinajstić information content (AvgIpc) is 2.84. The molecule has 0 spiro atoms. The second kappa shape index (κ2) is 6.95. The summed E-state index contributed by atoms with van der Waals surface area (Å²) in [5, 5.41) is 3.65. The van der Waals surface area contributed by atoms with Crippen molar-refractivity contribution in [3.8, 4) is 0 Å². The molecule has 2 nitrogen and oxygen atoms in total. The average molecular weight is 260 g/mol. The van der Waals surface area contributed by atoms with Crippen molar-refractivity contribution in [1.29, 1.82) is 0 Å². The van der Waals surface area contributed by atoms with Crippen LogP contribution in [0.1, 0.15) is 38.2 Å². The summed E-state index contributed by atoms with van der Waals surface area (Å²) >= 11 is 0. The largest absolute Gasteiger partial charge is 0.374 e. The topological polar surface area (TPSA) is 15.3 Å². The van der Waals surface area contributed by atoms with Gasteiger partial charge in [-0.2, -0.15) is 0 Å². The highest BCUT2D eigenvalue weighted by Crippen LogP contribution is 2.29. The van der Waals surface area contributed by atoms with Crippen molar-refractivity contribution < 1.29 is 0 Å². The lowest BCUT2D eigenvalue weighted by Crippen LogP contribution is -2.34. The van der Waals surface area contributed by atoms with E-state index in [1.807, 2.05) is 0 Å². The number of hydrogen-bond donors (Lipinski definition) is 1. The molecule has 0 heterocycles. The molecule has 0 amide bonds. The molecule has 0 bridgehead atoms.